The normalized spacial score (nSPS) is 10.5. The first-order chi connectivity index (χ1) is 13.5. The highest BCUT2D eigenvalue weighted by molar-refractivity contribution is 6.07. The lowest BCUT2D eigenvalue weighted by atomic mass is 10.1. The third kappa shape index (κ3) is 4.28. The number of pyridine rings is 1. The fraction of sp³-hybridized carbons (Fsp3) is 0.227. The van der Waals surface area contributed by atoms with Gasteiger partial charge in [0.1, 0.15) is 5.75 Å². The van der Waals surface area contributed by atoms with Crippen molar-refractivity contribution in [1.29, 1.82) is 0 Å². The molecule has 0 saturated carbocycles. The maximum Gasteiger partial charge on any atom is 0.338 e. The number of carbonyl (C=O) groups is 2. The molecule has 0 aliphatic heterocycles. The summed E-state index contributed by atoms with van der Waals surface area (Å²) >= 11 is 0. The van der Waals surface area contributed by atoms with Crippen molar-refractivity contribution in [1.82, 2.24) is 4.98 Å². The van der Waals surface area contributed by atoms with Crippen LogP contribution in [0.4, 0.5) is 5.69 Å². The number of rotatable bonds is 6. The zero-order chi connectivity index (χ0) is 20.1. The molecule has 0 unspecified atom stereocenters. The maximum atomic E-state index is 12.7. The molecule has 144 valence electrons. The first-order valence-corrected chi connectivity index (χ1v) is 9.05. The van der Waals surface area contributed by atoms with E-state index in [1.54, 1.807) is 38.3 Å². The first kappa shape index (κ1) is 19.4. The van der Waals surface area contributed by atoms with Crippen LogP contribution in [0.2, 0.25) is 0 Å². The fourth-order valence-electron chi connectivity index (χ4n) is 2.77. The number of benzene rings is 2. The summed E-state index contributed by atoms with van der Waals surface area (Å²) in [7, 11) is 1.60. The van der Waals surface area contributed by atoms with Crippen LogP contribution >= 0.6 is 0 Å². The second-order valence-corrected chi connectivity index (χ2v) is 6.35. The number of fused-ring (bicyclic) bond motifs is 1. The number of anilines is 1. The van der Waals surface area contributed by atoms with E-state index in [2.05, 4.69) is 10.3 Å². The Labute approximate surface area is 163 Å². The van der Waals surface area contributed by atoms with Crippen LogP contribution in [0.15, 0.2) is 48.5 Å². The van der Waals surface area contributed by atoms with Crippen molar-refractivity contribution in [3.8, 4) is 5.75 Å². The van der Waals surface area contributed by atoms with Gasteiger partial charge in [0, 0.05) is 17.1 Å². The van der Waals surface area contributed by atoms with Crippen molar-refractivity contribution in [2.75, 3.05) is 19.0 Å². The highest BCUT2D eigenvalue weighted by Crippen LogP contribution is 2.22. The lowest BCUT2D eigenvalue weighted by Crippen LogP contribution is -2.14. The third-order valence-electron chi connectivity index (χ3n) is 4.28. The Hall–Kier alpha value is -3.41. The SMILES string of the molecule is CCCOC(=O)c1ccc(NC(=O)c2cc3ccc(OC)cc3nc2C)cc1. The molecule has 1 amide bonds. The number of ether oxygens (including phenoxy) is 2. The molecule has 0 radical (unpaired) electrons. The third-order valence-corrected chi connectivity index (χ3v) is 4.28. The van der Waals surface area contributed by atoms with Crippen LogP contribution in [0.3, 0.4) is 0 Å². The van der Waals surface area contributed by atoms with Crippen LogP contribution in [0.25, 0.3) is 10.9 Å². The van der Waals surface area contributed by atoms with Gasteiger partial charge >= 0.3 is 5.97 Å². The number of esters is 1. The monoisotopic (exact) mass is 378 g/mol. The second kappa shape index (κ2) is 8.52. The Morgan fingerprint density at radius 1 is 1.07 bits per heavy atom. The smallest absolute Gasteiger partial charge is 0.338 e. The average Bonchev–Trinajstić information content (AvgIpc) is 2.71. The molecule has 0 saturated heterocycles. The van der Waals surface area contributed by atoms with E-state index in [0.717, 1.165) is 17.3 Å². The van der Waals surface area contributed by atoms with Gasteiger partial charge in [0.25, 0.3) is 5.91 Å². The molecular weight excluding hydrogens is 356 g/mol. The summed E-state index contributed by atoms with van der Waals surface area (Å²) in [6.07, 6.45) is 0.770. The molecule has 0 aliphatic rings. The summed E-state index contributed by atoms with van der Waals surface area (Å²) in [5.74, 6) is 0.0860. The Balaban J connectivity index is 1.77. The molecule has 0 bridgehead atoms. The van der Waals surface area contributed by atoms with E-state index in [4.69, 9.17) is 9.47 Å². The Kier molecular flexibility index (Phi) is 5.89. The number of nitrogens with zero attached hydrogens (tertiary/aromatic N) is 1. The minimum atomic E-state index is -0.371. The van der Waals surface area contributed by atoms with Crippen molar-refractivity contribution in [3.63, 3.8) is 0 Å². The van der Waals surface area contributed by atoms with Crippen LogP contribution in [-0.2, 0) is 4.74 Å². The molecule has 0 fully saturated rings. The van der Waals surface area contributed by atoms with Gasteiger partial charge in [-0.05, 0) is 55.8 Å². The largest absolute Gasteiger partial charge is 0.497 e. The lowest BCUT2D eigenvalue weighted by Gasteiger charge is -2.10. The standard InChI is InChI=1S/C22H22N2O4/c1-4-11-28-22(26)15-5-8-17(9-6-15)24-21(25)19-12-16-7-10-18(27-3)13-20(16)23-14(19)2/h5-10,12-13H,4,11H2,1-3H3,(H,24,25). The molecule has 6 nitrogen and oxygen atoms in total. The van der Waals surface area contributed by atoms with Gasteiger partial charge in [-0.15, -0.1) is 0 Å². The van der Waals surface area contributed by atoms with Gasteiger partial charge in [0.2, 0.25) is 0 Å². The topological polar surface area (TPSA) is 77.5 Å². The predicted molar refractivity (Wildman–Crippen MR) is 108 cm³/mol. The zero-order valence-corrected chi connectivity index (χ0v) is 16.1. The molecule has 0 atom stereocenters. The van der Waals surface area contributed by atoms with E-state index in [9.17, 15) is 9.59 Å². The van der Waals surface area contributed by atoms with E-state index in [1.165, 1.54) is 0 Å². The Morgan fingerprint density at radius 3 is 2.50 bits per heavy atom. The second-order valence-electron chi connectivity index (χ2n) is 6.35. The van der Waals surface area contributed by atoms with Gasteiger partial charge in [-0.2, -0.15) is 0 Å². The highest BCUT2D eigenvalue weighted by Gasteiger charge is 2.13. The molecule has 0 aliphatic carbocycles. The number of hydrogen-bond acceptors (Lipinski definition) is 5. The van der Waals surface area contributed by atoms with E-state index in [-0.39, 0.29) is 11.9 Å². The average molecular weight is 378 g/mol. The van der Waals surface area contributed by atoms with Crippen LogP contribution in [-0.4, -0.2) is 30.6 Å². The Bertz CT molecular complexity index is 1010. The van der Waals surface area contributed by atoms with Crippen molar-refractivity contribution in [2.45, 2.75) is 20.3 Å². The summed E-state index contributed by atoms with van der Waals surface area (Å²) in [4.78, 5) is 29.1. The summed E-state index contributed by atoms with van der Waals surface area (Å²) < 4.78 is 10.3. The summed E-state index contributed by atoms with van der Waals surface area (Å²) in [6, 6.07) is 14.0. The maximum absolute atomic E-state index is 12.7. The van der Waals surface area contributed by atoms with Crippen molar-refractivity contribution in [3.05, 3.63) is 65.4 Å². The van der Waals surface area contributed by atoms with Crippen LogP contribution < -0.4 is 10.1 Å². The molecular formula is C22H22N2O4. The molecule has 3 rings (SSSR count). The number of hydrogen-bond donors (Lipinski definition) is 1. The van der Waals surface area contributed by atoms with Gasteiger partial charge in [-0.3, -0.25) is 9.78 Å². The van der Waals surface area contributed by atoms with E-state index >= 15 is 0 Å². The molecule has 1 heterocycles. The molecule has 2 aromatic carbocycles. The number of aryl methyl sites for hydroxylation is 1. The highest BCUT2D eigenvalue weighted by atomic mass is 16.5. The van der Waals surface area contributed by atoms with E-state index < -0.39 is 0 Å². The van der Waals surface area contributed by atoms with Gasteiger partial charge in [-0.25, -0.2) is 4.79 Å². The van der Waals surface area contributed by atoms with Gasteiger partial charge in [0.05, 0.1) is 36.1 Å². The molecule has 6 heteroatoms. The number of nitrogens with one attached hydrogen (secondary N) is 1. The van der Waals surface area contributed by atoms with Gasteiger partial charge in [0.15, 0.2) is 0 Å². The first-order valence-electron chi connectivity index (χ1n) is 9.05. The van der Waals surface area contributed by atoms with Crippen LogP contribution in [0.5, 0.6) is 5.75 Å². The number of carbonyl (C=O) groups excluding carboxylic acids is 2. The zero-order valence-electron chi connectivity index (χ0n) is 16.1. The molecule has 1 N–H and O–H groups in total. The molecule has 28 heavy (non-hydrogen) atoms. The lowest BCUT2D eigenvalue weighted by molar-refractivity contribution is 0.0505. The number of methoxy groups -OCH3 is 1. The van der Waals surface area contributed by atoms with Gasteiger partial charge in [-0.1, -0.05) is 6.92 Å². The van der Waals surface area contributed by atoms with E-state index in [0.29, 0.717) is 34.9 Å². The van der Waals surface area contributed by atoms with E-state index in [1.807, 2.05) is 31.2 Å². The van der Waals surface area contributed by atoms with Crippen molar-refractivity contribution >= 4 is 28.5 Å². The summed E-state index contributed by atoms with van der Waals surface area (Å²) in [6.45, 7) is 4.12. The summed E-state index contributed by atoms with van der Waals surface area (Å²) in [5.41, 5.74) is 2.92. The molecule has 3 aromatic rings. The quantitative estimate of drug-likeness (QED) is 0.645. The predicted octanol–water partition coefficient (Wildman–Crippen LogP) is 4.37. The van der Waals surface area contributed by atoms with Crippen LogP contribution in [0.1, 0.15) is 39.8 Å². The minimum Gasteiger partial charge on any atom is -0.497 e. The van der Waals surface area contributed by atoms with Gasteiger partial charge < -0.3 is 14.8 Å². The number of aromatic nitrogens is 1. The molecule has 1 aromatic heterocycles. The number of amides is 1. The van der Waals surface area contributed by atoms with Crippen LogP contribution in [0, 0.1) is 6.92 Å². The van der Waals surface area contributed by atoms with Crippen molar-refractivity contribution in [2.24, 2.45) is 0 Å². The fourth-order valence-corrected chi connectivity index (χ4v) is 2.77. The Morgan fingerprint density at radius 2 is 1.82 bits per heavy atom. The molecule has 0 spiro atoms. The van der Waals surface area contributed by atoms with Crippen molar-refractivity contribution < 1.29 is 19.1 Å². The minimum absolute atomic E-state index is 0.260. The summed E-state index contributed by atoms with van der Waals surface area (Å²) in [5, 5.41) is 3.69.